The highest BCUT2D eigenvalue weighted by Gasteiger charge is 2.32. The minimum atomic E-state index is -4.57. The number of nitrogens with zero attached hydrogens (tertiary/aromatic N) is 5. The van der Waals surface area contributed by atoms with Crippen LogP contribution in [0.2, 0.25) is 0 Å². The van der Waals surface area contributed by atoms with Gasteiger partial charge in [-0.3, -0.25) is 9.78 Å². The molecular formula is C22H24F4N6O2S. The van der Waals surface area contributed by atoms with Crippen LogP contribution in [-0.4, -0.2) is 63.6 Å². The number of anilines is 1. The normalized spacial score (nSPS) is 11.6. The van der Waals surface area contributed by atoms with Crippen LogP contribution in [0.1, 0.15) is 38.7 Å². The summed E-state index contributed by atoms with van der Waals surface area (Å²) in [7, 11) is 1.84. The lowest BCUT2D eigenvalue weighted by Crippen LogP contribution is -2.23. The van der Waals surface area contributed by atoms with Crippen molar-refractivity contribution in [2.24, 2.45) is 0 Å². The molecule has 0 aliphatic carbocycles. The van der Waals surface area contributed by atoms with Crippen LogP contribution in [0, 0.1) is 6.92 Å². The number of hydrogen-bond donors (Lipinski definition) is 1. The number of hydrogen-bond acceptors (Lipinski definition) is 8. The predicted octanol–water partition coefficient (Wildman–Crippen LogP) is 4.17. The highest BCUT2D eigenvalue weighted by molar-refractivity contribution is 7.06. The molecule has 1 amide bonds. The molecule has 0 saturated heterocycles. The van der Waals surface area contributed by atoms with Crippen LogP contribution >= 0.6 is 11.5 Å². The molecule has 1 N–H and O–H groups in total. The molecule has 8 nitrogen and oxygen atoms in total. The Balaban J connectivity index is 1.58. The van der Waals surface area contributed by atoms with Gasteiger partial charge in [0.05, 0.1) is 41.6 Å². The third kappa shape index (κ3) is 7.65. The Morgan fingerprint density at radius 2 is 1.94 bits per heavy atom. The van der Waals surface area contributed by atoms with Crippen LogP contribution in [0.5, 0.6) is 5.88 Å². The molecule has 0 spiro atoms. The summed E-state index contributed by atoms with van der Waals surface area (Å²) in [5.74, 6) is -0.0245. The van der Waals surface area contributed by atoms with Gasteiger partial charge in [-0.05, 0) is 38.0 Å². The topological polar surface area (TPSA) is 93.1 Å². The number of pyridine rings is 1. The SMILES string of the molecule is Cc1nsc(Cc2cnc(C(F)(F)F)cn2)c1C(=O)Nc1ccc(OCCCN(C)CCF)nc1. The first-order valence-electron chi connectivity index (χ1n) is 10.7. The van der Waals surface area contributed by atoms with E-state index < -0.39 is 24.5 Å². The van der Waals surface area contributed by atoms with E-state index in [4.69, 9.17) is 4.74 Å². The zero-order valence-electron chi connectivity index (χ0n) is 19.1. The fourth-order valence-electron chi connectivity index (χ4n) is 3.09. The lowest BCUT2D eigenvalue weighted by atomic mass is 10.1. The molecule has 0 aliphatic heterocycles. The van der Waals surface area contributed by atoms with E-state index in [0.29, 0.717) is 60.0 Å². The Bertz CT molecular complexity index is 1110. The lowest BCUT2D eigenvalue weighted by Gasteiger charge is -2.14. The van der Waals surface area contributed by atoms with Crippen LogP contribution in [0.15, 0.2) is 30.7 Å². The van der Waals surface area contributed by atoms with Gasteiger partial charge in [-0.1, -0.05) is 0 Å². The van der Waals surface area contributed by atoms with E-state index in [1.807, 2.05) is 11.9 Å². The maximum atomic E-state index is 12.9. The third-order valence-corrected chi connectivity index (χ3v) is 5.83. The molecule has 0 atom stereocenters. The van der Waals surface area contributed by atoms with Crippen molar-refractivity contribution >= 4 is 23.1 Å². The van der Waals surface area contributed by atoms with Crippen molar-refractivity contribution < 1.29 is 27.1 Å². The molecule has 0 fully saturated rings. The van der Waals surface area contributed by atoms with Crippen molar-refractivity contribution in [1.29, 1.82) is 0 Å². The summed E-state index contributed by atoms with van der Waals surface area (Å²) in [4.78, 5) is 26.7. The first-order valence-corrected chi connectivity index (χ1v) is 11.4. The van der Waals surface area contributed by atoms with Gasteiger partial charge in [0.25, 0.3) is 5.91 Å². The monoisotopic (exact) mass is 512 g/mol. The maximum absolute atomic E-state index is 12.9. The van der Waals surface area contributed by atoms with E-state index in [2.05, 4.69) is 24.6 Å². The molecule has 0 aliphatic rings. The van der Waals surface area contributed by atoms with E-state index in [0.717, 1.165) is 17.7 Å². The smallest absolute Gasteiger partial charge is 0.434 e. The van der Waals surface area contributed by atoms with Gasteiger partial charge in [-0.2, -0.15) is 17.5 Å². The summed E-state index contributed by atoms with van der Waals surface area (Å²) in [6.07, 6.45) is -0.572. The van der Waals surface area contributed by atoms with Crippen molar-refractivity contribution in [3.05, 3.63) is 58.2 Å². The molecule has 13 heteroatoms. The van der Waals surface area contributed by atoms with Crippen LogP contribution in [0.25, 0.3) is 0 Å². The number of aromatic nitrogens is 4. The molecular weight excluding hydrogens is 488 g/mol. The van der Waals surface area contributed by atoms with Gasteiger partial charge in [-0.25, -0.2) is 14.4 Å². The largest absolute Gasteiger partial charge is 0.478 e. The van der Waals surface area contributed by atoms with Crippen molar-refractivity contribution in [3.8, 4) is 5.88 Å². The molecule has 35 heavy (non-hydrogen) atoms. The van der Waals surface area contributed by atoms with Crippen molar-refractivity contribution in [2.45, 2.75) is 25.9 Å². The highest BCUT2D eigenvalue weighted by atomic mass is 32.1. The van der Waals surface area contributed by atoms with Gasteiger partial charge in [0.1, 0.15) is 6.67 Å². The molecule has 0 aromatic carbocycles. The van der Waals surface area contributed by atoms with Crippen molar-refractivity contribution in [1.82, 2.24) is 24.2 Å². The Labute approximate surface area is 203 Å². The summed E-state index contributed by atoms with van der Waals surface area (Å²) in [6.45, 7) is 2.79. The summed E-state index contributed by atoms with van der Waals surface area (Å²) < 4.78 is 60.1. The zero-order chi connectivity index (χ0) is 25.4. The second kappa shape index (κ2) is 12.0. The second-order valence-corrected chi connectivity index (χ2v) is 8.53. The number of rotatable bonds is 11. The highest BCUT2D eigenvalue weighted by Crippen LogP contribution is 2.27. The number of alkyl halides is 4. The van der Waals surface area contributed by atoms with E-state index in [1.165, 1.54) is 6.20 Å². The van der Waals surface area contributed by atoms with Gasteiger partial charge < -0.3 is 15.0 Å². The second-order valence-electron chi connectivity index (χ2n) is 7.67. The number of ether oxygens (including phenoxy) is 1. The number of amides is 1. The molecule has 3 heterocycles. The molecule has 3 rings (SSSR count). The predicted molar refractivity (Wildman–Crippen MR) is 122 cm³/mol. The Hall–Kier alpha value is -3.19. The van der Waals surface area contributed by atoms with Crippen LogP contribution < -0.4 is 10.1 Å². The number of carbonyl (C=O) groups is 1. The van der Waals surface area contributed by atoms with E-state index >= 15 is 0 Å². The number of aryl methyl sites for hydroxylation is 1. The lowest BCUT2D eigenvalue weighted by molar-refractivity contribution is -0.141. The van der Waals surface area contributed by atoms with E-state index in [9.17, 15) is 22.4 Å². The quantitative estimate of drug-likeness (QED) is 0.305. The summed E-state index contributed by atoms with van der Waals surface area (Å²) in [6, 6.07) is 3.27. The summed E-state index contributed by atoms with van der Waals surface area (Å²) >= 11 is 1.08. The average Bonchev–Trinajstić information content (AvgIpc) is 3.17. The Kier molecular flexibility index (Phi) is 9.04. The van der Waals surface area contributed by atoms with Crippen molar-refractivity contribution in [3.63, 3.8) is 0 Å². The van der Waals surface area contributed by atoms with E-state index in [-0.39, 0.29) is 12.1 Å². The fourth-order valence-corrected chi connectivity index (χ4v) is 3.97. The molecule has 188 valence electrons. The third-order valence-electron chi connectivity index (χ3n) is 4.89. The molecule has 3 aromatic rings. The van der Waals surface area contributed by atoms with Crippen LogP contribution in [0.3, 0.4) is 0 Å². The van der Waals surface area contributed by atoms with Gasteiger partial charge in [0.15, 0.2) is 5.69 Å². The first kappa shape index (κ1) is 26.4. The molecule has 3 aromatic heterocycles. The molecule has 0 radical (unpaired) electrons. The molecule has 0 unspecified atom stereocenters. The molecule has 0 bridgehead atoms. The average molecular weight is 513 g/mol. The standard InChI is InChI=1S/C22H24F4N6O2S/c1-14-20(17(35-31-14)10-16-12-28-18(13-27-16)22(24,25)26)21(33)30-15-4-5-19(29-11-15)34-9-3-7-32(2)8-6-23/h4-5,11-13H,3,6-10H2,1-2H3,(H,30,33). The van der Waals surface area contributed by atoms with Gasteiger partial charge in [-0.15, -0.1) is 0 Å². The summed E-state index contributed by atoms with van der Waals surface area (Å²) in [5.41, 5.74) is 0.469. The number of carbonyl (C=O) groups excluding carboxylic acids is 1. The first-order chi connectivity index (χ1) is 16.7. The van der Waals surface area contributed by atoms with Crippen LogP contribution in [0.4, 0.5) is 23.2 Å². The van der Waals surface area contributed by atoms with Crippen molar-refractivity contribution in [2.75, 3.05) is 38.7 Å². The fraction of sp³-hybridized carbons (Fsp3) is 0.409. The summed E-state index contributed by atoms with van der Waals surface area (Å²) in [5, 5.41) is 2.75. The van der Waals surface area contributed by atoms with Gasteiger partial charge in [0.2, 0.25) is 5.88 Å². The van der Waals surface area contributed by atoms with Crippen LogP contribution in [-0.2, 0) is 12.6 Å². The minimum Gasteiger partial charge on any atom is -0.478 e. The Morgan fingerprint density at radius 3 is 2.57 bits per heavy atom. The van der Waals surface area contributed by atoms with Gasteiger partial charge >= 0.3 is 6.18 Å². The molecule has 0 saturated carbocycles. The Morgan fingerprint density at radius 1 is 1.14 bits per heavy atom. The van der Waals surface area contributed by atoms with Gasteiger partial charge in [0, 0.05) is 36.7 Å². The zero-order valence-corrected chi connectivity index (χ0v) is 19.9. The number of nitrogens with one attached hydrogen (secondary N) is 1. The number of halogens is 4. The maximum Gasteiger partial charge on any atom is 0.434 e. The van der Waals surface area contributed by atoms with E-state index in [1.54, 1.807) is 19.1 Å². The minimum absolute atomic E-state index is 0.116.